The highest BCUT2D eigenvalue weighted by Gasteiger charge is 2.05. The lowest BCUT2D eigenvalue weighted by atomic mass is 10.2. The van der Waals surface area contributed by atoms with Crippen LogP contribution in [0.5, 0.6) is 0 Å². The average Bonchev–Trinajstić information content (AvgIpc) is 2.84. The van der Waals surface area contributed by atoms with Crippen molar-refractivity contribution >= 4 is 11.6 Å². The second-order valence-electron chi connectivity index (χ2n) is 7.91. The summed E-state index contributed by atoms with van der Waals surface area (Å²) in [5, 5.41) is 0. The first-order chi connectivity index (χ1) is 17.1. The van der Waals surface area contributed by atoms with Crippen LogP contribution in [-0.4, -0.2) is 94.4 Å². The number of methoxy groups -OCH3 is 4. The van der Waals surface area contributed by atoms with Gasteiger partial charge in [-0.25, -0.2) is 0 Å². The molecular weight excluding hydrogens is 464 g/mol. The van der Waals surface area contributed by atoms with Crippen molar-refractivity contribution in [1.82, 2.24) is 19.8 Å². The monoisotopic (exact) mass is 504 g/mol. The first-order valence-corrected chi connectivity index (χ1v) is 11.1. The molecule has 0 aliphatic heterocycles. The fraction of sp³-hybridized carbons (Fsp3) is 0.462. The van der Waals surface area contributed by atoms with Crippen molar-refractivity contribution in [2.24, 2.45) is 0 Å². The molecule has 0 saturated heterocycles. The number of rotatable bonds is 11. The lowest BCUT2D eigenvalue weighted by Gasteiger charge is -2.19. The molecule has 0 amide bonds. The fourth-order valence-electron chi connectivity index (χ4n) is 2.61. The molecule has 0 aromatic carbocycles. The zero-order valence-electron chi connectivity index (χ0n) is 22.8. The zero-order valence-corrected chi connectivity index (χ0v) is 22.8. The van der Waals surface area contributed by atoms with Crippen molar-refractivity contribution in [3.05, 3.63) is 71.4 Å². The summed E-state index contributed by atoms with van der Waals surface area (Å²) in [7, 11) is 13.9. The number of ketones is 2. The number of pyridine rings is 2. The van der Waals surface area contributed by atoms with Crippen molar-refractivity contribution in [2.45, 2.75) is 26.6 Å². The zero-order chi connectivity index (χ0) is 27.5. The molecule has 2 rings (SSSR count). The van der Waals surface area contributed by atoms with Crippen LogP contribution >= 0.6 is 0 Å². The summed E-state index contributed by atoms with van der Waals surface area (Å²) in [6, 6.07) is 7.14. The normalized spacial score (nSPS) is 10.5. The summed E-state index contributed by atoms with van der Waals surface area (Å²) >= 11 is 0. The lowest BCUT2D eigenvalue weighted by Crippen LogP contribution is -2.30. The van der Waals surface area contributed by atoms with E-state index in [2.05, 4.69) is 9.97 Å². The molecule has 2 aromatic heterocycles. The van der Waals surface area contributed by atoms with Crippen LogP contribution in [0.3, 0.4) is 0 Å². The Morgan fingerprint density at radius 3 is 1.69 bits per heavy atom. The van der Waals surface area contributed by atoms with Gasteiger partial charge < -0.3 is 23.8 Å². The van der Waals surface area contributed by atoms with Gasteiger partial charge in [-0.3, -0.25) is 24.5 Å². The van der Waals surface area contributed by atoms with Crippen LogP contribution in [0.2, 0.25) is 0 Å². The largest absolute Gasteiger partial charge is 0.383 e. The number of carbonyl (C=O) groups is 2. The Balaban J connectivity index is 0.000000542. The van der Waals surface area contributed by atoms with Gasteiger partial charge >= 0.3 is 0 Å². The highest BCUT2D eigenvalue weighted by atomic mass is 16.7. The quantitative estimate of drug-likeness (QED) is 0.258. The van der Waals surface area contributed by atoms with Crippen molar-refractivity contribution in [3.8, 4) is 0 Å². The molecule has 0 saturated carbocycles. The minimum absolute atomic E-state index is 0.0204. The van der Waals surface area contributed by atoms with Crippen LogP contribution in [0.25, 0.3) is 0 Å². The van der Waals surface area contributed by atoms with Crippen molar-refractivity contribution < 1.29 is 28.5 Å². The molecule has 0 fully saturated rings. The van der Waals surface area contributed by atoms with Crippen LogP contribution in [-0.2, 0) is 32.2 Å². The van der Waals surface area contributed by atoms with Gasteiger partial charge in [0, 0.05) is 74.1 Å². The Labute approximate surface area is 214 Å². The fourth-order valence-corrected chi connectivity index (χ4v) is 2.61. The molecule has 2 aromatic rings. The predicted molar refractivity (Wildman–Crippen MR) is 139 cm³/mol. The van der Waals surface area contributed by atoms with E-state index in [1.54, 1.807) is 64.1 Å². The molecule has 10 nitrogen and oxygen atoms in total. The summed E-state index contributed by atoms with van der Waals surface area (Å²) in [6.07, 6.45) is 6.22. The molecule has 2 heterocycles. The van der Waals surface area contributed by atoms with Gasteiger partial charge in [-0.2, -0.15) is 0 Å². The molecule has 0 bridgehead atoms. The standard InChI is InChI=1S/C12H16N2O2.C9H11NO2.C5H13NO2/c1-14(2)7-5-12(15)11-8-10(9-16-3)4-6-13-11;1-7(11)9-5-8(6-12-2)3-4-10-9;1-6(2)5(7-3)8-4/h4-8H,9H2,1-3H3;3-5H,6H2,1-2H3;5H,1-4H3/b7-5+;;. The summed E-state index contributed by atoms with van der Waals surface area (Å²) in [6.45, 7) is 2.50. The molecule has 0 aliphatic rings. The van der Waals surface area contributed by atoms with Gasteiger partial charge in [0.1, 0.15) is 11.4 Å². The van der Waals surface area contributed by atoms with E-state index >= 15 is 0 Å². The Morgan fingerprint density at radius 1 is 0.861 bits per heavy atom. The molecule has 10 heteroatoms. The van der Waals surface area contributed by atoms with E-state index in [-0.39, 0.29) is 18.0 Å². The number of nitrogens with zero attached hydrogens (tertiary/aromatic N) is 4. The topological polar surface area (TPSA) is 103 Å². The van der Waals surface area contributed by atoms with Crippen LogP contribution in [0.4, 0.5) is 0 Å². The second-order valence-corrected chi connectivity index (χ2v) is 7.91. The third kappa shape index (κ3) is 14.4. The summed E-state index contributed by atoms with van der Waals surface area (Å²) in [4.78, 5) is 34.2. The number of hydrogen-bond donors (Lipinski definition) is 0. The second kappa shape index (κ2) is 19.2. The summed E-state index contributed by atoms with van der Waals surface area (Å²) in [5.74, 6) is -0.125. The Morgan fingerprint density at radius 2 is 1.33 bits per heavy atom. The minimum atomic E-state index is -0.213. The lowest BCUT2D eigenvalue weighted by molar-refractivity contribution is -0.179. The van der Waals surface area contributed by atoms with E-state index in [0.29, 0.717) is 24.6 Å². The average molecular weight is 505 g/mol. The van der Waals surface area contributed by atoms with Gasteiger partial charge in [0.05, 0.1) is 13.2 Å². The highest BCUT2D eigenvalue weighted by Crippen LogP contribution is 2.05. The van der Waals surface area contributed by atoms with Gasteiger partial charge in [-0.15, -0.1) is 0 Å². The van der Waals surface area contributed by atoms with Crippen molar-refractivity contribution in [2.75, 3.05) is 56.6 Å². The van der Waals surface area contributed by atoms with E-state index in [0.717, 1.165) is 11.1 Å². The van der Waals surface area contributed by atoms with E-state index in [4.69, 9.17) is 18.9 Å². The maximum Gasteiger partial charge on any atom is 0.217 e. The van der Waals surface area contributed by atoms with Gasteiger partial charge in [0.15, 0.2) is 5.78 Å². The molecule has 0 unspecified atom stereocenters. The Hall–Kier alpha value is -3.02. The van der Waals surface area contributed by atoms with Crippen molar-refractivity contribution in [3.63, 3.8) is 0 Å². The number of hydrogen-bond acceptors (Lipinski definition) is 10. The smallest absolute Gasteiger partial charge is 0.217 e. The number of Topliss-reactive ketones (excluding diaryl/α,β-unsaturated/α-hetero) is 1. The molecular formula is C26H40N4O6. The van der Waals surface area contributed by atoms with Gasteiger partial charge in [0.25, 0.3) is 0 Å². The van der Waals surface area contributed by atoms with Gasteiger partial charge in [-0.1, -0.05) is 0 Å². The molecule has 200 valence electrons. The molecule has 36 heavy (non-hydrogen) atoms. The maximum absolute atomic E-state index is 11.7. The van der Waals surface area contributed by atoms with Gasteiger partial charge in [0.2, 0.25) is 12.2 Å². The molecule has 0 spiro atoms. The SMILES string of the molecule is COC(OC)N(C)C.COCc1ccnc(C(=O)/C=C/N(C)C)c1.COCc1ccnc(C(C)=O)c1. The number of allylic oxidation sites excluding steroid dienone is 1. The van der Waals surface area contributed by atoms with Crippen LogP contribution < -0.4 is 0 Å². The van der Waals surface area contributed by atoms with Gasteiger partial charge in [-0.05, 0) is 49.5 Å². The Kier molecular flexibility index (Phi) is 17.6. The van der Waals surface area contributed by atoms with E-state index in [1.807, 2.05) is 45.2 Å². The third-order valence-electron chi connectivity index (χ3n) is 4.23. The van der Waals surface area contributed by atoms with Crippen LogP contribution in [0.1, 0.15) is 39.0 Å². The number of aromatic nitrogens is 2. The molecule has 0 aliphatic carbocycles. The van der Waals surface area contributed by atoms with E-state index in [1.165, 1.54) is 13.0 Å². The Bertz CT molecular complexity index is 930. The number of carbonyl (C=O) groups excluding carboxylic acids is 2. The van der Waals surface area contributed by atoms with Crippen LogP contribution in [0, 0.1) is 0 Å². The number of ether oxygens (including phenoxy) is 4. The molecule has 0 atom stereocenters. The third-order valence-corrected chi connectivity index (χ3v) is 4.23. The van der Waals surface area contributed by atoms with E-state index in [9.17, 15) is 9.59 Å². The molecule has 0 radical (unpaired) electrons. The highest BCUT2D eigenvalue weighted by molar-refractivity contribution is 6.03. The first kappa shape index (κ1) is 33.0. The summed E-state index contributed by atoms with van der Waals surface area (Å²) in [5.41, 5.74) is 2.84. The summed E-state index contributed by atoms with van der Waals surface area (Å²) < 4.78 is 19.6. The van der Waals surface area contributed by atoms with E-state index < -0.39 is 0 Å². The van der Waals surface area contributed by atoms with Crippen molar-refractivity contribution in [1.29, 1.82) is 0 Å². The maximum atomic E-state index is 11.7. The minimum Gasteiger partial charge on any atom is -0.383 e. The van der Waals surface area contributed by atoms with Crippen LogP contribution in [0.15, 0.2) is 48.9 Å². The first-order valence-electron chi connectivity index (χ1n) is 11.1. The molecule has 0 N–H and O–H groups in total. The predicted octanol–water partition coefficient (Wildman–Crippen LogP) is 3.04.